The van der Waals surface area contributed by atoms with Crippen LogP contribution in [0.25, 0.3) is 0 Å². The number of nitrogens with one attached hydrogen (secondary N) is 1. The Morgan fingerprint density at radius 1 is 1.21 bits per heavy atom. The van der Waals surface area contributed by atoms with Crippen LogP contribution in [-0.2, 0) is 4.79 Å². The zero-order valence-electron chi connectivity index (χ0n) is 16.3. The first-order valence-corrected chi connectivity index (χ1v) is 11.0. The molecule has 1 aliphatic rings. The number of benzene rings is 1. The Bertz CT molecular complexity index is 859. The minimum atomic E-state index is -0.551. The lowest BCUT2D eigenvalue weighted by Gasteiger charge is -2.34. The van der Waals surface area contributed by atoms with Gasteiger partial charge >= 0.3 is 0 Å². The quantitative estimate of drug-likeness (QED) is 0.716. The number of halogens is 1. The summed E-state index contributed by atoms with van der Waals surface area (Å²) >= 11 is 4.70. The van der Waals surface area contributed by atoms with E-state index >= 15 is 0 Å². The standard InChI is InChI=1S/C21H25BrN2O3S/c1-13-4-5-14(2)17(12-13)27-16-8-10-24(11-9-16)21(26)15(3)23-20(25)18-6-7-19(22)28-18/h4-7,12,15-16H,8-11H2,1-3H3,(H,23,25). The Labute approximate surface area is 178 Å². The maximum absolute atomic E-state index is 12.7. The average molecular weight is 465 g/mol. The molecule has 5 nitrogen and oxygen atoms in total. The first-order chi connectivity index (χ1) is 13.3. The van der Waals surface area contributed by atoms with E-state index in [-0.39, 0.29) is 17.9 Å². The molecule has 28 heavy (non-hydrogen) atoms. The van der Waals surface area contributed by atoms with E-state index in [0.717, 1.165) is 27.9 Å². The highest BCUT2D eigenvalue weighted by molar-refractivity contribution is 9.11. The van der Waals surface area contributed by atoms with E-state index < -0.39 is 6.04 Å². The molecule has 3 rings (SSSR count). The summed E-state index contributed by atoms with van der Waals surface area (Å²) in [6.07, 6.45) is 1.69. The number of carbonyl (C=O) groups excluding carboxylic acids is 2. The number of hydrogen-bond donors (Lipinski definition) is 1. The van der Waals surface area contributed by atoms with Gasteiger partial charge in [-0.2, -0.15) is 0 Å². The van der Waals surface area contributed by atoms with Crippen LogP contribution in [0.3, 0.4) is 0 Å². The number of amides is 2. The van der Waals surface area contributed by atoms with Gasteiger partial charge in [-0.15, -0.1) is 11.3 Å². The zero-order chi connectivity index (χ0) is 20.3. The molecule has 0 spiro atoms. The molecule has 1 aliphatic heterocycles. The van der Waals surface area contributed by atoms with Crippen molar-refractivity contribution in [2.45, 2.75) is 45.8 Å². The zero-order valence-corrected chi connectivity index (χ0v) is 18.7. The molecule has 1 atom stereocenters. The number of nitrogens with zero attached hydrogens (tertiary/aromatic N) is 1. The van der Waals surface area contributed by atoms with E-state index in [1.807, 2.05) is 17.9 Å². The van der Waals surface area contributed by atoms with E-state index in [1.54, 1.807) is 13.0 Å². The van der Waals surface area contributed by atoms with Crippen LogP contribution in [-0.4, -0.2) is 41.9 Å². The van der Waals surface area contributed by atoms with Gasteiger partial charge in [0.25, 0.3) is 5.91 Å². The summed E-state index contributed by atoms with van der Waals surface area (Å²) in [5.74, 6) is 0.659. The molecule has 1 saturated heterocycles. The van der Waals surface area contributed by atoms with Gasteiger partial charge in [-0.25, -0.2) is 0 Å². The fourth-order valence-corrected chi connectivity index (χ4v) is 4.54. The van der Waals surface area contributed by atoms with Crippen LogP contribution in [0, 0.1) is 13.8 Å². The highest BCUT2D eigenvalue weighted by Gasteiger charge is 2.28. The lowest BCUT2D eigenvalue weighted by Crippen LogP contribution is -2.50. The van der Waals surface area contributed by atoms with Crippen molar-refractivity contribution in [2.75, 3.05) is 13.1 Å². The summed E-state index contributed by atoms with van der Waals surface area (Å²) in [6, 6.07) is 9.23. The molecule has 150 valence electrons. The van der Waals surface area contributed by atoms with Gasteiger partial charge in [0.2, 0.25) is 5.91 Å². The van der Waals surface area contributed by atoms with E-state index in [9.17, 15) is 9.59 Å². The fraction of sp³-hybridized carbons (Fsp3) is 0.429. The molecule has 0 saturated carbocycles. The second-order valence-electron chi connectivity index (χ2n) is 7.21. The number of rotatable bonds is 5. The third kappa shape index (κ3) is 5.14. The maximum Gasteiger partial charge on any atom is 0.262 e. The average Bonchev–Trinajstić information content (AvgIpc) is 3.11. The summed E-state index contributed by atoms with van der Waals surface area (Å²) in [4.78, 5) is 27.4. The van der Waals surface area contributed by atoms with E-state index in [0.29, 0.717) is 18.0 Å². The fourth-order valence-electron chi connectivity index (χ4n) is 3.25. The number of piperidine rings is 1. The third-order valence-corrected chi connectivity index (χ3v) is 6.53. The molecule has 7 heteroatoms. The molecule has 0 bridgehead atoms. The van der Waals surface area contributed by atoms with Crippen molar-refractivity contribution in [3.05, 3.63) is 50.1 Å². The monoisotopic (exact) mass is 464 g/mol. The van der Waals surface area contributed by atoms with Gasteiger partial charge in [0.05, 0.1) is 8.66 Å². The van der Waals surface area contributed by atoms with Crippen LogP contribution in [0.5, 0.6) is 5.75 Å². The maximum atomic E-state index is 12.7. The molecule has 2 heterocycles. The Balaban J connectivity index is 1.50. The van der Waals surface area contributed by atoms with Gasteiger partial charge in [-0.1, -0.05) is 12.1 Å². The predicted molar refractivity (Wildman–Crippen MR) is 115 cm³/mol. The SMILES string of the molecule is Cc1ccc(C)c(OC2CCN(C(=O)C(C)NC(=O)c3ccc(Br)s3)CC2)c1. The lowest BCUT2D eigenvalue weighted by atomic mass is 10.1. The predicted octanol–water partition coefficient (Wildman–Crippen LogP) is 4.32. The number of hydrogen-bond acceptors (Lipinski definition) is 4. The largest absolute Gasteiger partial charge is 0.490 e. The van der Waals surface area contributed by atoms with Crippen molar-refractivity contribution in [1.82, 2.24) is 10.2 Å². The van der Waals surface area contributed by atoms with Crippen LogP contribution in [0.2, 0.25) is 0 Å². The molecule has 2 aromatic rings. The lowest BCUT2D eigenvalue weighted by molar-refractivity contribution is -0.134. The first kappa shape index (κ1) is 20.9. The van der Waals surface area contributed by atoms with Gasteiger partial charge in [0.15, 0.2) is 0 Å². The van der Waals surface area contributed by atoms with Crippen LogP contribution < -0.4 is 10.1 Å². The Kier molecular flexibility index (Phi) is 6.78. The molecule has 1 fully saturated rings. The molecule has 2 amide bonds. The number of likely N-dealkylation sites (tertiary alicyclic amines) is 1. The summed E-state index contributed by atoms with van der Waals surface area (Å²) in [6.45, 7) is 7.11. The van der Waals surface area contributed by atoms with Crippen LogP contribution in [0.15, 0.2) is 34.1 Å². The number of thiophene rings is 1. The van der Waals surface area contributed by atoms with Gasteiger partial charge in [0, 0.05) is 25.9 Å². The van der Waals surface area contributed by atoms with Crippen molar-refractivity contribution >= 4 is 39.1 Å². The molecule has 1 unspecified atom stereocenters. The van der Waals surface area contributed by atoms with E-state index in [1.165, 1.54) is 16.9 Å². The van der Waals surface area contributed by atoms with E-state index in [2.05, 4.69) is 46.4 Å². The summed E-state index contributed by atoms with van der Waals surface area (Å²) in [5.41, 5.74) is 2.30. The second-order valence-corrected chi connectivity index (χ2v) is 9.67. The minimum Gasteiger partial charge on any atom is -0.490 e. The molecule has 0 aliphatic carbocycles. The summed E-state index contributed by atoms with van der Waals surface area (Å²) in [7, 11) is 0. The molecule has 1 N–H and O–H groups in total. The van der Waals surface area contributed by atoms with Crippen LogP contribution in [0.1, 0.15) is 40.6 Å². The Morgan fingerprint density at radius 2 is 1.93 bits per heavy atom. The topological polar surface area (TPSA) is 58.6 Å². The minimum absolute atomic E-state index is 0.0471. The second kappa shape index (κ2) is 9.09. The molecule has 0 radical (unpaired) electrons. The van der Waals surface area contributed by atoms with Gasteiger partial charge in [0.1, 0.15) is 17.9 Å². The molecular formula is C21H25BrN2O3S. The normalized spacial score (nSPS) is 15.9. The van der Waals surface area contributed by atoms with Crippen molar-refractivity contribution < 1.29 is 14.3 Å². The van der Waals surface area contributed by atoms with Gasteiger partial charge < -0.3 is 15.0 Å². The highest BCUT2D eigenvalue weighted by atomic mass is 79.9. The highest BCUT2D eigenvalue weighted by Crippen LogP contribution is 2.24. The Morgan fingerprint density at radius 3 is 2.57 bits per heavy atom. The summed E-state index contributed by atoms with van der Waals surface area (Å²) < 4.78 is 7.06. The first-order valence-electron chi connectivity index (χ1n) is 9.42. The number of ether oxygens (including phenoxy) is 1. The van der Waals surface area contributed by atoms with Crippen molar-refractivity contribution in [2.24, 2.45) is 0 Å². The van der Waals surface area contributed by atoms with Gasteiger partial charge in [-0.05, 0) is 66.0 Å². The smallest absolute Gasteiger partial charge is 0.262 e. The summed E-state index contributed by atoms with van der Waals surface area (Å²) in [5, 5.41) is 2.80. The van der Waals surface area contributed by atoms with Crippen molar-refractivity contribution in [3.63, 3.8) is 0 Å². The molecule has 1 aromatic heterocycles. The van der Waals surface area contributed by atoms with Crippen molar-refractivity contribution in [3.8, 4) is 5.75 Å². The van der Waals surface area contributed by atoms with Crippen LogP contribution >= 0.6 is 27.3 Å². The number of aryl methyl sites for hydroxylation is 2. The molecule has 1 aromatic carbocycles. The van der Waals surface area contributed by atoms with Gasteiger partial charge in [-0.3, -0.25) is 9.59 Å². The van der Waals surface area contributed by atoms with Crippen LogP contribution in [0.4, 0.5) is 0 Å². The van der Waals surface area contributed by atoms with E-state index in [4.69, 9.17) is 4.74 Å². The molecular weight excluding hydrogens is 440 g/mol. The number of carbonyl (C=O) groups is 2. The third-order valence-electron chi connectivity index (χ3n) is 4.91. The Hall–Kier alpha value is -1.86. The van der Waals surface area contributed by atoms with Crippen molar-refractivity contribution in [1.29, 1.82) is 0 Å².